The summed E-state index contributed by atoms with van der Waals surface area (Å²) in [6.45, 7) is 2.87. The Kier molecular flexibility index (Phi) is 4.95. The minimum Gasteiger partial charge on any atom is -0.358 e. The maximum absolute atomic E-state index is 9.20. The van der Waals surface area contributed by atoms with E-state index < -0.39 is 0 Å². The summed E-state index contributed by atoms with van der Waals surface area (Å²) in [7, 11) is 0. The monoisotopic (exact) mass is 306 g/mol. The second kappa shape index (κ2) is 7.31. The number of likely N-dealkylation sites (tertiary alicyclic amines) is 1. The van der Waals surface area contributed by atoms with Crippen molar-refractivity contribution in [3.63, 3.8) is 0 Å². The number of H-pyrrole nitrogens is 1. The van der Waals surface area contributed by atoms with Crippen molar-refractivity contribution in [1.82, 2.24) is 9.88 Å². The Morgan fingerprint density at radius 3 is 2.70 bits per heavy atom. The van der Waals surface area contributed by atoms with Crippen molar-refractivity contribution >= 4 is 10.9 Å². The molecule has 0 bridgehead atoms. The fourth-order valence-corrected chi connectivity index (χ4v) is 3.49. The maximum atomic E-state index is 9.20. The summed E-state index contributed by atoms with van der Waals surface area (Å²) in [4.78, 5) is 5.93. The largest absolute Gasteiger partial charge is 0.358 e. The van der Waals surface area contributed by atoms with Gasteiger partial charge in [0.2, 0.25) is 0 Å². The van der Waals surface area contributed by atoms with Gasteiger partial charge in [-0.2, -0.15) is 10.5 Å². The third-order valence-corrected chi connectivity index (χ3v) is 4.84. The molecule has 118 valence electrons. The van der Waals surface area contributed by atoms with Crippen molar-refractivity contribution in [3.8, 4) is 12.1 Å². The van der Waals surface area contributed by atoms with Gasteiger partial charge in [-0.1, -0.05) is 18.2 Å². The van der Waals surface area contributed by atoms with Crippen LogP contribution in [0, 0.1) is 28.6 Å². The summed E-state index contributed by atoms with van der Waals surface area (Å²) in [6.07, 6.45) is 3.42. The van der Waals surface area contributed by atoms with E-state index in [1.165, 1.54) is 16.6 Å². The van der Waals surface area contributed by atoms with Gasteiger partial charge < -0.3 is 9.88 Å². The van der Waals surface area contributed by atoms with Gasteiger partial charge in [0.05, 0.1) is 18.1 Å². The lowest BCUT2D eigenvalue weighted by atomic mass is 9.92. The number of para-hydroxylation sites is 1. The third-order valence-electron chi connectivity index (χ3n) is 4.84. The zero-order chi connectivity index (χ0) is 16.1. The lowest BCUT2D eigenvalue weighted by Gasteiger charge is -2.32. The van der Waals surface area contributed by atoms with Crippen LogP contribution in [0.2, 0.25) is 0 Å². The molecular formula is C19H22N4. The molecule has 0 spiro atoms. The summed E-state index contributed by atoms with van der Waals surface area (Å²) >= 11 is 0. The number of fused-ring (bicyclic) bond motifs is 1. The van der Waals surface area contributed by atoms with Crippen LogP contribution in [0.4, 0.5) is 0 Å². The Bertz CT molecular complexity index is 693. The van der Waals surface area contributed by atoms with E-state index in [-0.39, 0.29) is 5.92 Å². The van der Waals surface area contributed by atoms with Crippen molar-refractivity contribution in [2.24, 2.45) is 5.92 Å². The molecule has 1 aliphatic rings. The molecule has 0 amide bonds. The quantitative estimate of drug-likeness (QED) is 0.914. The molecule has 1 N–H and O–H groups in total. The van der Waals surface area contributed by atoms with Crippen LogP contribution in [-0.2, 0) is 0 Å². The average Bonchev–Trinajstić information content (AvgIpc) is 3.03. The highest BCUT2D eigenvalue weighted by Crippen LogP contribution is 2.30. The second-order valence-electron chi connectivity index (χ2n) is 6.41. The van der Waals surface area contributed by atoms with Crippen LogP contribution >= 0.6 is 0 Å². The number of rotatable bonds is 5. The number of piperidine rings is 1. The van der Waals surface area contributed by atoms with Gasteiger partial charge in [-0.05, 0) is 49.9 Å². The van der Waals surface area contributed by atoms with Crippen LogP contribution in [-0.4, -0.2) is 29.5 Å². The molecule has 4 heteroatoms. The number of nitrogens with zero attached hydrogens (tertiary/aromatic N) is 3. The molecule has 0 aliphatic carbocycles. The van der Waals surface area contributed by atoms with Gasteiger partial charge in [-0.25, -0.2) is 0 Å². The maximum Gasteiger partial charge on any atom is 0.0669 e. The topological polar surface area (TPSA) is 66.6 Å². The Balaban J connectivity index is 1.56. The minimum absolute atomic E-state index is 0.0146. The number of benzene rings is 1. The molecule has 4 nitrogen and oxygen atoms in total. The van der Waals surface area contributed by atoms with Gasteiger partial charge in [-0.15, -0.1) is 0 Å². The molecular weight excluding hydrogens is 284 g/mol. The number of aromatic nitrogens is 1. The van der Waals surface area contributed by atoms with Crippen LogP contribution in [0.15, 0.2) is 30.3 Å². The Labute approximate surface area is 137 Å². The van der Waals surface area contributed by atoms with Crippen molar-refractivity contribution in [1.29, 1.82) is 10.5 Å². The lowest BCUT2D eigenvalue weighted by molar-refractivity contribution is 0.192. The first-order valence-corrected chi connectivity index (χ1v) is 8.36. The van der Waals surface area contributed by atoms with Gasteiger partial charge in [0.15, 0.2) is 0 Å². The number of hydrogen-bond donors (Lipinski definition) is 1. The zero-order valence-corrected chi connectivity index (χ0v) is 13.3. The molecule has 0 radical (unpaired) electrons. The highest BCUT2D eigenvalue weighted by Gasteiger charge is 2.23. The van der Waals surface area contributed by atoms with Gasteiger partial charge in [0.1, 0.15) is 0 Å². The molecule has 1 aliphatic heterocycles. The lowest BCUT2D eigenvalue weighted by Crippen LogP contribution is -2.36. The fraction of sp³-hybridized carbons (Fsp3) is 0.474. The van der Waals surface area contributed by atoms with Crippen LogP contribution in [0.3, 0.4) is 0 Å². The molecule has 1 aromatic carbocycles. The Hall–Kier alpha value is -2.30. The summed E-state index contributed by atoms with van der Waals surface area (Å²) in [6, 6.07) is 15.2. The molecule has 1 fully saturated rings. The zero-order valence-electron chi connectivity index (χ0n) is 13.3. The molecule has 0 saturated carbocycles. The molecule has 2 aromatic rings. The number of nitrogens with one attached hydrogen (secondary N) is 1. The fourth-order valence-electron chi connectivity index (χ4n) is 3.49. The van der Waals surface area contributed by atoms with E-state index in [9.17, 15) is 5.26 Å². The minimum atomic E-state index is -0.0146. The Morgan fingerprint density at radius 1 is 1.22 bits per heavy atom. The summed E-state index contributed by atoms with van der Waals surface area (Å²) in [5, 5.41) is 19.1. The number of hydrogen-bond acceptors (Lipinski definition) is 3. The summed E-state index contributed by atoms with van der Waals surface area (Å²) in [5.41, 5.74) is 2.55. The van der Waals surface area contributed by atoms with Crippen LogP contribution in [0.1, 0.15) is 37.3 Å². The normalized spacial score (nSPS) is 17.7. The summed E-state index contributed by atoms with van der Waals surface area (Å²) < 4.78 is 0. The molecule has 1 aromatic heterocycles. The van der Waals surface area contributed by atoms with Crippen molar-refractivity contribution in [2.45, 2.75) is 31.6 Å². The third kappa shape index (κ3) is 3.73. The first kappa shape index (κ1) is 15.6. The predicted molar refractivity (Wildman–Crippen MR) is 90.7 cm³/mol. The van der Waals surface area contributed by atoms with Crippen molar-refractivity contribution in [2.75, 3.05) is 19.6 Å². The number of nitriles is 2. The highest BCUT2D eigenvalue weighted by atomic mass is 15.1. The second-order valence-corrected chi connectivity index (χ2v) is 6.41. The average molecular weight is 306 g/mol. The van der Waals surface area contributed by atoms with Crippen LogP contribution < -0.4 is 0 Å². The van der Waals surface area contributed by atoms with E-state index in [1.54, 1.807) is 0 Å². The van der Waals surface area contributed by atoms with Crippen LogP contribution in [0.5, 0.6) is 0 Å². The van der Waals surface area contributed by atoms with E-state index in [1.807, 2.05) is 0 Å². The van der Waals surface area contributed by atoms with Crippen LogP contribution in [0.25, 0.3) is 10.9 Å². The predicted octanol–water partition coefficient (Wildman–Crippen LogP) is 3.79. The van der Waals surface area contributed by atoms with Gasteiger partial charge >= 0.3 is 0 Å². The number of aromatic amines is 1. The standard InChI is InChI=1S/C19H22N4/c20-9-3-4-15(13-21)14-23-10-7-16(8-11-23)19-12-17-5-1-2-6-18(17)22-19/h1-2,5-6,12,15-16,22H,3-4,7-8,10-11,14H2/t15-/m1/s1. The Morgan fingerprint density at radius 2 is 2.00 bits per heavy atom. The van der Waals surface area contributed by atoms with Gasteiger partial charge in [0, 0.05) is 30.1 Å². The van der Waals surface area contributed by atoms with E-state index in [4.69, 9.17) is 5.26 Å². The van der Waals surface area contributed by atoms with Gasteiger partial charge in [0.25, 0.3) is 0 Å². The van der Waals surface area contributed by atoms with E-state index in [2.05, 4.69) is 52.4 Å². The molecule has 2 heterocycles. The van der Waals surface area contributed by atoms with E-state index in [0.29, 0.717) is 18.8 Å². The first-order valence-electron chi connectivity index (χ1n) is 8.36. The SMILES string of the molecule is N#CCC[C@H](C#N)CN1CCC(c2cc3ccccc3[nH]2)CC1. The first-order chi connectivity index (χ1) is 11.3. The van der Waals surface area contributed by atoms with E-state index >= 15 is 0 Å². The molecule has 3 rings (SSSR count). The summed E-state index contributed by atoms with van der Waals surface area (Å²) in [5.74, 6) is 0.567. The van der Waals surface area contributed by atoms with Crippen molar-refractivity contribution < 1.29 is 0 Å². The highest BCUT2D eigenvalue weighted by molar-refractivity contribution is 5.80. The van der Waals surface area contributed by atoms with Crippen molar-refractivity contribution in [3.05, 3.63) is 36.0 Å². The molecule has 1 atom stereocenters. The van der Waals surface area contributed by atoms with E-state index in [0.717, 1.165) is 32.5 Å². The molecule has 1 saturated heterocycles. The van der Waals surface area contributed by atoms with Gasteiger partial charge in [-0.3, -0.25) is 0 Å². The molecule has 23 heavy (non-hydrogen) atoms. The molecule has 0 unspecified atom stereocenters. The smallest absolute Gasteiger partial charge is 0.0669 e.